The molecule has 0 fully saturated rings. The van der Waals surface area contributed by atoms with Gasteiger partial charge < -0.3 is 44.4 Å². The summed E-state index contributed by atoms with van der Waals surface area (Å²) in [6.45, 7) is 3.95. The first kappa shape index (κ1) is 32.7. The van der Waals surface area contributed by atoms with E-state index >= 15 is 0 Å². The van der Waals surface area contributed by atoms with Gasteiger partial charge in [0.2, 0.25) is 0 Å². The van der Waals surface area contributed by atoms with Gasteiger partial charge >= 0.3 is 0 Å². The summed E-state index contributed by atoms with van der Waals surface area (Å²) in [6, 6.07) is 29.9. The molecule has 0 heterocycles. The van der Waals surface area contributed by atoms with Crippen LogP contribution in [0.15, 0.2) is 84.9 Å². The van der Waals surface area contributed by atoms with Gasteiger partial charge in [-0.3, -0.25) is 0 Å². The fourth-order valence-corrected chi connectivity index (χ4v) is 4.06. The molecular formula is C32H35NO8-2. The summed E-state index contributed by atoms with van der Waals surface area (Å²) in [7, 11) is 4.28. The summed E-state index contributed by atoms with van der Waals surface area (Å²) in [5.74, 6) is -5.06. The molecule has 0 amide bonds. The average Bonchev–Trinajstić information content (AvgIpc) is 2.92. The third-order valence-electron chi connectivity index (χ3n) is 6.11. The molecule has 0 aromatic heterocycles. The van der Waals surface area contributed by atoms with E-state index in [1.165, 1.54) is 32.7 Å². The third-order valence-corrected chi connectivity index (χ3v) is 6.11. The van der Waals surface area contributed by atoms with Crippen LogP contribution in [0.4, 0.5) is 0 Å². The van der Waals surface area contributed by atoms with Crippen molar-refractivity contribution in [3.63, 3.8) is 0 Å². The number of aliphatic carboxylic acids is 3. The number of benzene rings is 3. The van der Waals surface area contributed by atoms with Crippen LogP contribution in [0.25, 0.3) is 11.1 Å². The van der Waals surface area contributed by atoms with Crippen LogP contribution in [0.1, 0.15) is 42.9 Å². The van der Waals surface area contributed by atoms with Crippen molar-refractivity contribution in [3.05, 3.63) is 102 Å². The van der Waals surface area contributed by atoms with Crippen LogP contribution in [0, 0.1) is 0 Å². The Balaban J connectivity index is 0.000000383. The number of likely N-dealkylation sites (N-methyl/N-ethyl adjacent to an activating group) is 1. The predicted octanol–water partition coefficient (Wildman–Crippen LogP) is -0.674. The number of carboxylic acid groups (broad SMARTS) is 3. The molecular weight excluding hydrogens is 526 g/mol. The molecule has 0 bridgehead atoms. The highest BCUT2D eigenvalue weighted by molar-refractivity contribution is 5.98. The van der Waals surface area contributed by atoms with Crippen LogP contribution in [0.3, 0.4) is 0 Å². The Morgan fingerprint density at radius 2 is 1.22 bits per heavy atom. The van der Waals surface area contributed by atoms with Gasteiger partial charge in [-0.05, 0) is 46.4 Å². The predicted molar refractivity (Wildman–Crippen MR) is 148 cm³/mol. The number of aliphatic hydroxyl groups is 1. The maximum atomic E-state index is 10.1. The van der Waals surface area contributed by atoms with Crippen LogP contribution in [-0.4, -0.2) is 55.9 Å². The second kappa shape index (κ2) is 16.0. The van der Waals surface area contributed by atoms with Gasteiger partial charge in [-0.1, -0.05) is 79.7 Å². The molecule has 2 N–H and O–H groups in total. The molecule has 0 aliphatic rings. The molecule has 218 valence electrons. The first-order chi connectivity index (χ1) is 19.5. The topological polar surface area (TPSA) is 154 Å². The smallest absolute Gasteiger partial charge is 0.137 e. The Morgan fingerprint density at radius 3 is 1.63 bits per heavy atom. The number of hydrogen-bond acceptors (Lipinski definition) is 8. The molecule has 9 nitrogen and oxygen atoms in total. The zero-order chi connectivity index (χ0) is 30.4. The van der Waals surface area contributed by atoms with Gasteiger partial charge in [0.25, 0.3) is 0 Å². The van der Waals surface area contributed by atoms with E-state index in [0.717, 1.165) is 25.3 Å². The summed E-state index contributed by atoms with van der Waals surface area (Å²) >= 11 is 0. The van der Waals surface area contributed by atoms with Gasteiger partial charge in [-0.25, -0.2) is 0 Å². The molecule has 0 radical (unpaired) electrons. The molecule has 3 aromatic carbocycles. The minimum Gasteiger partial charge on any atom is -0.550 e. The third kappa shape index (κ3) is 10.6. The Morgan fingerprint density at radius 1 is 0.756 bits per heavy atom. The second-order valence-electron chi connectivity index (χ2n) is 9.69. The molecule has 3 rings (SSSR count). The van der Waals surface area contributed by atoms with E-state index in [1.54, 1.807) is 0 Å². The number of hydrogen-bond donors (Lipinski definition) is 2. The molecule has 3 aromatic rings. The highest BCUT2D eigenvalue weighted by Crippen LogP contribution is 2.34. The molecule has 0 saturated heterocycles. The van der Waals surface area contributed by atoms with Crippen molar-refractivity contribution in [2.45, 2.75) is 31.8 Å². The Bertz CT molecular complexity index is 1290. The average molecular weight is 562 g/mol. The normalized spacial score (nSPS) is 11.6. The van der Waals surface area contributed by atoms with Crippen molar-refractivity contribution in [1.29, 1.82) is 0 Å². The van der Waals surface area contributed by atoms with E-state index in [1.807, 2.05) is 0 Å². The molecule has 0 aliphatic heterocycles. The SMILES string of the molecule is CC/C(=C(\c1ccccc1)c1ccc(OCC[NH+](C)C)cc1)c1ccccc1.O=C([O-])CC(O)(CC(=O)[O-])C(=O)[O-]. The largest absolute Gasteiger partial charge is 0.550 e. The van der Waals surface area contributed by atoms with E-state index in [2.05, 4.69) is 106 Å². The standard InChI is InChI=1S/C26H29NO.C6H8O7/c1-4-25(21-11-7-5-8-12-21)26(22-13-9-6-10-14-22)23-15-17-24(18-16-23)28-20-19-27(2)3;7-3(8)1-6(13,5(11)12)2-4(9)10/h5-18H,4,19-20H2,1-3H3;13H,1-2H2,(H,7,8)(H,9,10)(H,11,12)/p-2/b26-25-;. The number of carboxylic acids is 3. The molecule has 9 heteroatoms. The lowest BCUT2D eigenvalue weighted by Crippen LogP contribution is -3.06. The summed E-state index contributed by atoms with van der Waals surface area (Å²) in [4.78, 5) is 31.4. The number of ether oxygens (including phenoxy) is 1. The fourth-order valence-electron chi connectivity index (χ4n) is 4.06. The maximum Gasteiger partial charge on any atom is 0.137 e. The van der Waals surface area contributed by atoms with Crippen molar-refractivity contribution >= 4 is 29.1 Å². The van der Waals surface area contributed by atoms with Crippen molar-refractivity contribution < 1.29 is 44.4 Å². The van der Waals surface area contributed by atoms with Gasteiger partial charge in [0.1, 0.15) is 24.5 Å². The number of carbonyl (C=O) groups excluding carboxylic acids is 3. The molecule has 0 aliphatic carbocycles. The van der Waals surface area contributed by atoms with Gasteiger partial charge in [0.05, 0.1) is 20.1 Å². The molecule has 41 heavy (non-hydrogen) atoms. The lowest BCUT2D eigenvalue weighted by molar-refractivity contribution is -0.858. The molecule has 0 unspecified atom stereocenters. The molecule has 0 spiro atoms. The Kier molecular flexibility index (Phi) is 12.7. The first-order valence-electron chi connectivity index (χ1n) is 13.2. The van der Waals surface area contributed by atoms with Gasteiger partial charge in [-0.2, -0.15) is 0 Å². The Hall–Kier alpha value is -4.47. The van der Waals surface area contributed by atoms with Crippen molar-refractivity contribution in [1.82, 2.24) is 0 Å². The van der Waals surface area contributed by atoms with Crippen LogP contribution >= 0.6 is 0 Å². The molecule has 0 saturated carbocycles. The highest BCUT2D eigenvalue weighted by Gasteiger charge is 2.29. The van der Waals surface area contributed by atoms with E-state index in [4.69, 9.17) is 9.84 Å². The van der Waals surface area contributed by atoms with Crippen molar-refractivity contribution in [2.75, 3.05) is 27.2 Å². The minimum absolute atomic E-state index is 0.729. The van der Waals surface area contributed by atoms with Crippen LogP contribution in [0.5, 0.6) is 5.75 Å². The van der Waals surface area contributed by atoms with E-state index in [9.17, 15) is 29.7 Å². The lowest BCUT2D eigenvalue weighted by Gasteiger charge is -2.29. The number of nitrogens with one attached hydrogen (secondary N) is 1. The number of rotatable bonds is 13. The van der Waals surface area contributed by atoms with E-state index in [-0.39, 0.29) is 0 Å². The quantitative estimate of drug-likeness (QED) is 0.261. The number of quaternary nitrogens is 1. The zero-order valence-electron chi connectivity index (χ0n) is 23.4. The summed E-state index contributed by atoms with van der Waals surface area (Å²) < 4.78 is 5.89. The summed E-state index contributed by atoms with van der Waals surface area (Å²) in [6.07, 6.45) is -1.75. The monoisotopic (exact) mass is 561 g/mol. The van der Waals surface area contributed by atoms with Gasteiger partial charge in [0, 0.05) is 24.8 Å². The van der Waals surface area contributed by atoms with Crippen LogP contribution in [-0.2, 0) is 14.4 Å². The van der Waals surface area contributed by atoms with Crippen LogP contribution < -0.4 is 25.0 Å². The Labute approximate surface area is 240 Å². The number of carbonyl (C=O) groups is 3. The van der Waals surface area contributed by atoms with E-state index < -0.39 is 36.4 Å². The van der Waals surface area contributed by atoms with Crippen molar-refractivity contribution in [2.24, 2.45) is 0 Å². The minimum atomic E-state index is -2.97. The lowest BCUT2D eigenvalue weighted by atomic mass is 9.88. The molecule has 0 atom stereocenters. The zero-order valence-corrected chi connectivity index (χ0v) is 23.4. The fraction of sp³-hybridized carbons (Fsp3) is 0.281. The summed E-state index contributed by atoms with van der Waals surface area (Å²) in [5, 5.41) is 38.9. The second-order valence-corrected chi connectivity index (χ2v) is 9.69. The maximum absolute atomic E-state index is 10.1. The van der Waals surface area contributed by atoms with Gasteiger partial charge in [-0.15, -0.1) is 0 Å². The van der Waals surface area contributed by atoms with Crippen LogP contribution in [0.2, 0.25) is 0 Å². The first-order valence-corrected chi connectivity index (χ1v) is 13.2. The number of allylic oxidation sites excluding steroid dienone is 1. The van der Waals surface area contributed by atoms with E-state index in [0.29, 0.717) is 0 Å². The summed E-state index contributed by atoms with van der Waals surface area (Å²) in [5.41, 5.74) is 3.41. The van der Waals surface area contributed by atoms with Gasteiger partial charge in [0.15, 0.2) is 0 Å². The van der Waals surface area contributed by atoms with Crippen molar-refractivity contribution in [3.8, 4) is 5.75 Å². The highest BCUT2D eigenvalue weighted by atomic mass is 16.5.